The summed E-state index contributed by atoms with van der Waals surface area (Å²) in [6.45, 7) is 5.12. The summed E-state index contributed by atoms with van der Waals surface area (Å²) < 4.78 is 16.5. The highest BCUT2D eigenvalue weighted by Crippen LogP contribution is 2.16. The second-order valence-corrected chi connectivity index (χ2v) is 6.51. The predicted octanol–water partition coefficient (Wildman–Crippen LogP) is 2.89. The van der Waals surface area contributed by atoms with Gasteiger partial charge in [-0.3, -0.25) is 4.90 Å². The minimum Gasteiger partial charge on any atom is -0.492 e. The maximum Gasteiger partial charge on any atom is 0.338 e. The quantitative estimate of drug-likeness (QED) is 0.718. The lowest BCUT2D eigenvalue weighted by Crippen LogP contribution is -2.33. The van der Waals surface area contributed by atoms with Crippen molar-refractivity contribution in [2.24, 2.45) is 0 Å². The molecule has 2 aliphatic heterocycles. The molecule has 0 aliphatic carbocycles. The molecule has 0 radical (unpaired) electrons. The number of piperidine rings is 1. The molecule has 1 atom stereocenters. The number of carbonyl (C=O) groups is 1. The van der Waals surface area contributed by atoms with E-state index in [9.17, 15) is 4.79 Å². The number of esters is 1. The summed E-state index contributed by atoms with van der Waals surface area (Å²) in [7, 11) is 0. The molecule has 3 rings (SSSR count). The van der Waals surface area contributed by atoms with Gasteiger partial charge < -0.3 is 14.2 Å². The second-order valence-electron chi connectivity index (χ2n) is 6.51. The molecule has 0 saturated carbocycles. The van der Waals surface area contributed by atoms with E-state index >= 15 is 0 Å². The Morgan fingerprint density at radius 3 is 2.62 bits per heavy atom. The third-order valence-electron chi connectivity index (χ3n) is 4.64. The lowest BCUT2D eigenvalue weighted by atomic mass is 10.1. The van der Waals surface area contributed by atoms with Crippen LogP contribution in [0.5, 0.6) is 5.75 Å². The summed E-state index contributed by atoms with van der Waals surface area (Å²) >= 11 is 0. The first-order chi connectivity index (χ1) is 11.8. The molecule has 2 aliphatic rings. The molecule has 2 fully saturated rings. The normalized spacial score (nSPS) is 21.6. The first-order valence-electron chi connectivity index (χ1n) is 9.05. The summed E-state index contributed by atoms with van der Waals surface area (Å²) in [6.07, 6.45) is 6.02. The van der Waals surface area contributed by atoms with Gasteiger partial charge in [-0.05, 0) is 63.0 Å². The van der Waals surface area contributed by atoms with Gasteiger partial charge in [0.2, 0.25) is 0 Å². The van der Waals surface area contributed by atoms with Crippen LogP contribution >= 0.6 is 0 Å². The predicted molar refractivity (Wildman–Crippen MR) is 91.5 cm³/mol. The van der Waals surface area contributed by atoms with Gasteiger partial charge in [0.15, 0.2) is 0 Å². The van der Waals surface area contributed by atoms with Gasteiger partial charge >= 0.3 is 5.97 Å². The molecule has 2 heterocycles. The fourth-order valence-corrected chi connectivity index (χ4v) is 3.19. The van der Waals surface area contributed by atoms with Crippen molar-refractivity contribution in [3.8, 4) is 5.75 Å². The zero-order chi connectivity index (χ0) is 16.6. The zero-order valence-corrected chi connectivity index (χ0v) is 14.2. The first kappa shape index (κ1) is 17.2. The van der Waals surface area contributed by atoms with E-state index in [4.69, 9.17) is 14.2 Å². The fraction of sp³-hybridized carbons (Fsp3) is 0.632. The van der Waals surface area contributed by atoms with Crippen molar-refractivity contribution in [3.05, 3.63) is 29.8 Å². The van der Waals surface area contributed by atoms with E-state index in [0.717, 1.165) is 31.7 Å². The van der Waals surface area contributed by atoms with E-state index in [0.29, 0.717) is 18.8 Å². The van der Waals surface area contributed by atoms with Gasteiger partial charge in [-0.2, -0.15) is 0 Å². The van der Waals surface area contributed by atoms with Gasteiger partial charge in [-0.15, -0.1) is 0 Å². The van der Waals surface area contributed by atoms with Crippen molar-refractivity contribution in [1.29, 1.82) is 0 Å². The van der Waals surface area contributed by atoms with Crippen LogP contribution in [0.3, 0.4) is 0 Å². The lowest BCUT2D eigenvalue weighted by Gasteiger charge is -2.26. The summed E-state index contributed by atoms with van der Waals surface area (Å²) in [4.78, 5) is 14.5. The van der Waals surface area contributed by atoms with Crippen molar-refractivity contribution in [2.75, 3.05) is 39.5 Å². The first-order valence-corrected chi connectivity index (χ1v) is 9.05. The van der Waals surface area contributed by atoms with Gasteiger partial charge in [0.05, 0.1) is 11.7 Å². The number of nitrogens with zero attached hydrogens (tertiary/aromatic N) is 1. The number of hydrogen-bond donors (Lipinski definition) is 0. The summed E-state index contributed by atoms with van der Waals surface area (Å²) in [5.41, 5.74) is 0.552. The Labute approximate surface area is 143 Å². The average Bonchev–Trinajstić information content (AvgIpc) is 3.15. The molecule has 2 saturated heterocycles. The smallest absolute Gasteiger partial charge is 0.338 e. The number of ether oxygens (including phenoxy) is 3. The molecule has 5 heteroatoms. The van der Waals surface area contributed by atoms with Crippen LogP contribution in [0.25, 0.3) is 0 Å². The average molecular weight is 333 g/mol. The number of likely N-dealkylation sites (tertiary alicyclic amines) is 1. The van der Waals surface area contributed by atoms with Crippen LogP contribution in [0, 0.1) is 0 Å². The van der Waals surface area contributed by atoms with Gasteiger partial charge in [-0.1, -0.05) is 6.42 Å². The van der Waals surface area contributed by atoms with Crippen LogP contribution in [0.2, 0.25) is 0 Å². The molecule has 1 aromatic rings. The van der Waals surface area contributed by atoms with E-state index < -0.39 is 0 Å². The monoisotopic (exact) mass is 333 g/mol. The van der Waals surface area contributed by atoms with Crippen LogP contribution < -0.4 is 4.74 Å². The molecule has 0 unspecified atom stereocenters. The SMILES string of the molecule is O=C(OC[C@H]1CCCO1)c1ccc(OCCN2CCCCC2)cc1. The molecule has 0 spiro atoms. The fourth-order valence-electron chi connectivity index (χ4n) is 3.19. The number of benzene rings is 1. The minimum absolute atomic E-state index is 0.0614. The Balaban J connectivity index is 1.38. The summed E-state index contributed by atoms with van der Waals surface area (Å²) in [5.74, 6) is 0.494. The van der Waals surface area contributed by atoms with Gasteiger partial charge in [0, 0.05) is 13.2 Å². The van der Waals surface area contributed by atoms with Crippen LogP contribution in [-0.4, -0.2) is 56.4 Å². The van der Waals surface area contributed by atoms with Crippen LogP contribution in [0.15, 0.2) is 24.3 Å². The number of rotatable bonds is 7. The zero-order valence-electron chi connectivity index (χ0n) is 14.2. The van der Waals surface area contributed by atoms with Crippen molar-refractivity contribution >= 4 is 5.97 Å². The number of carbonyl (C=O) groups excluding carboxylic acids is 1. The lowest BCUT2D eigenvalue weighted by molar-refractivity contribution is 0.0161. The van der Waals surface area contributed by atoms with Crippen LogP contribution in [-0.2, 0) is 9.47 Å². The molecule has 24 heavy (non-hydrogen) atoms. The van der Waals surface area contributed by atoms with Gasteiger partial charge in [0.1, 0.15) is 19.0 Å². The van der Waals surface area contributed by atoms with Gasteiger partial charge in [0.25, 0.3) is 0 Å². The third-order valence-corrected chi connectivity index (χ3v) is 4.64. The highest BCUT2D eigenvalue weighted by molar-refractivity contribution is 5.89. The highest BCUT2D eigenvalue weighted by Gasteiger charge is 2.18. The second kappa shape index (κ2) is 9.04. The Morgan fingerprint density at radius 2 is 1.92 bits per heavy atom. The topological polar surface area (TPSA) is 48.0 Å². The molecule has 132 valence electrons. The van der Waals surface area contributed by atoms with E-state index in [1.54, 1.807) is 12.1 Å². The maximum atomic E-state index is 12.0. The number of hydrogen-bond acceptors (Lipinski definition) is 5. The van der Waals surface area contributed by atoms with Crippen LogP contribution in [0.4, 0.5) is 0 Å². The molecule has 0 bridgehead atoms. The molecule has 5 nitrogen and oxygen atoms in total. The molecule has 0 aromatic heterocycles. The van der Waals surface area contributed by atoms with Crippen molar-refractivity contribution in [2.45, 2.75) is 38.2 Å². The van der Waals surface area contributed by atoms with E-state index in [-0.39, 0.29) is 12.1 Å². The maximum absolute atomic E-state index is 12.0. The molecular formula is C19H27NO4. The van der Waals surface area contributed by atoms with E-state index in [2.05, 4.69) is 4.90 Å². The van der Waals surface area contributed by atoms with Gasteiger partial charge in [-0.25, -0.2) is 4.79 Å². The van der Waals surface area contributed by atoms with E-state index in [1.165, 1.54) is 32.4 Å². The Kier molecular flexibility index (Phi) is 6.49. The molecule has 0 N–H and O–H groups in total. The standard InChI is InChI=1S/C19H27NO4/c21-19(24-15-18-5-4-13-22-18)16-6-8-17(9-7-16)23-14-12-20-10-2-1-3-11-20/h6-9,18H,1-5,10-15H2/t18-/m1/s1. The summed E-state index contributed by atoms with van der Waals surface area (Å²) in [6, 6.07) is 7.18. The highest BCUT2D eigenvalue weighted by atomic mass is 16.6. The Morgan fingerprint density at radius 1 is 1.12 bits per heavy atom. The molecule has 0 amide bonds. The largest absolute Gasteiger partial charge is 0.492 e. The third kappa shape index (κ3) is 5.21. The Bertz CT molecular complexity index is 505. The molecular weight excluding hydrogens is 306 g/mol. The molecule has 1 aromatic carbocycles. The van der Waals surface area contributed by atoms with Crippen molar-refractivity contribution in [3.63, 3.8) is 0 Å². The summed E-state index contributed by atoms with van der Waals surface area (Å²) in [5, 5.41) is 0. The van der Waals surface area contributed by atoms with Crippen molar-refractivity contribution < 1.29 is 19.0 Å². The minimum atomic E-state index is -0.301. The van der Waals surface area contributed by atoms with E-state index in [1.807, 2.05) is 12.1 Å². The van der Waals surface area contributed by atoms with Crippen LogP contribution in [0.1, 0.15) is 42.5 Å². The van der Waals surface area contributed by atoms with Crippen molar-refractivity contribution in [1.82, 2.24) is 4.90 Å². The Hall–Kier alpha value is -1.59.